The number of nitrogens with zero attached hydrogens (tertiary/aromatic N) is 5. The fourth-order valence-corrected chi connectivity index (χ4v) is 3.81. The molecule has 1 unspecified atom stereocenters. The number of alkyl halides is 3. The summed E-state index contributed by atoms with van der Waals surface area (Å²) in [6, 6.07) is 7.84. The molecule has 4 aromatic rings. The minimum absolute atomic E-state index is 0.0597. The molecule has 0 saturated heterocycles. The van der Waals surface area contributed by atoms with Crippen LogP contribution < -0.4 is 10.6 Å². The Hall–Kier alpha value is -3.54. The number of halogens is 3. The van der Waals surface area contributed by atoms with Gasteiger partial charge in [0.05, 0.1) is 10.2 Å². The number of carbonyl (C=O) groups excluding carboxylic acids is 1. The molecule has 0 bridgehead atoms. The van der Waals surface area contributed by atoms with E-state index < -0.39 is 18.2 Å². The van der Waals surface area contributed by atoms with Crippen LogP contribution in [0.4, 0.5) is 28.9 Å². The zero-order chi connectivity index (χ0) is 22.2. The van der Waals surface area contributed by atoms with Gasteiger partial charge in [0.25, 0.3) is 0 Å². The van der Waals surface area contributed by atoms with E-state index in [1.165, 1.54) is 23.5 Å². The van der Waals surface area contributed by atoms with E-state index in [1.807, 2.05) is 25.1 Å². The minimum Gasteiger partial charge on any atom is -0.300 e. The molecule has 0 aliphatic carbocycles. The van der Waals surface area contributed by atoms with E-state index in [1.54, 1.807) is 6.07 Å². The Morgan fingerprint density at radius 2 is 1.90 bits per heavy atom. The highest BCUT2D eigenvalue weighted by molar-refractivity contribution is 7.22. The number of carbonyl (C=O) groups is 1. The van der Waals surface area contributed by atoms with Gasteiger partial charge in [0.1, 0.15) is 23.9 Å². The van der Waals surface area contributed by atoms with E-state index in [2.05, 4.69) is 30.8 Å². The molecule has 0 radical (unpaired) electrons. The fourth-order valence-electron chi connectivity index (χ4n) is 2.88. The molecule has 1 aromatic carbocycles. The fraction of sp³-hybridized carbons (Fsp3) is 0.211. The van der Waals surface area contributed by atoms with Crippen molar-refractivity contribution < 1.29 is 18.0 Å². The number of thiazole rings is 1. The summed E-state index contributed by atoms with van der Waals surface area (Å²) in [5, 5.41) is 12.9. The van der Waals surface area contributed by atoms with Crippen LogP contribution in [0.15, 0.2) is 42.7 Å². The second-order valence-corrected chi connectivity index (χ2v) is 7.71. The van der Waals surface area contributed by atoms with Crippen LogP contribution in [0.5, 0.6) is 0 Å². The number of anilines is 2. The molecule has 0 aliphatic rings. The molecule has 1 atom stereocenters. The van der Waals surface area contributed by atoms with Crippen molar-refractivity contribution in [2.45, 2.75) is 26.1 Å². The van der Waals surface area contributed by atoms with Crippen LogP contribution in [0.2, 0.25) is 0 Å². The molecule has 8 nitrogen and oxygen atoms in total. The maximum absolute atomic E-state index is 13.1. The lowest BCUT2D eigenvalue weighted by Gasteiger charge is -2.18. The maximum atomic E-state index is 13.1. The Balaban J connectivity index is 1.52. The van der Waals surface area contributed by atoms with Crippen molar-refractivity contribution >= 4 is 38.5 Å². The Morgan fingerprint density at radius 3 is 2.65 bits per heavy atom. The van der Waals surface area contributed by atoms with Crippen molar-refractivity contribution in [2.75, 3.05) is 10.6 Å². The number of hydrogen-bond acceptors (Lipinski definition) is 6. The number of pyridine rings is 1. The highest BCUT2D eigenvalue weighted by Gasteiger charge is 2.38. The summed E-state index contributed by atoms with van der Waals surface area (Å²) < 4.78 is 41.2. The number of aromatic nitrogens is 5. The van der Waals surface area contributed by atoms with Crippen LogP contribution in [0.1, 0.15) is 18.5 Å². The first-order valence-corrected chi connectivity index (χ1v) is 9.92. The molecule has 0 spiro atoms. The van der Waals surface area contributed by atoms with E-state index in [-0.39, 0.29) is 17.3 Å². The molecular weight excluding hydrogens is 431 g/mol. The number of fused-ring (bicyclic) bond motifs is 1. The number of benzene rings is 1. The molecule has 3 heterocycles. The third-order valence-corrected chi connectivity index (χ3v) is 5.64. The first-order chi connectivity index (χ1) is 14.7. The molecular formula is C19H16F3N7OS. The molecule has 31 heavy (non-hydrogen) atoms. The summed E-state index contributed by atoms with van der Waals surface area (Å²) in [6.45, 7) is 2.96. The molecule has 0 aliphatic heterocycles. The van der Waals surface area contributed by atoms with Gasteiger partial charge in [-0.25, -0.2) is 14.8 Å². The summed E-state index contributed by atoms with van der Waals surface area (Å²) in [4.78, 5) is 20.9. The van der Waals surface area contributed by atoms with Crippen LogP contribution in [-0.2, 0) is 0 Å². The smallest absolute Gasteiger partial charge is 0.300 e. The van der Waals surface area contributed by atoms with Gasteiger partial charge in [0.15, 0.2) is 11.0 Å². The van der Waals surface area contributed by atoms with Crippen LogP contribution >= 0.6 is 11.3 Å². The van der Waals surface area contributed by atoms with Crippen LogP contribution in [-0.4, -0.2) is 36.9 Å². The van der Waals surface area contributed by atoms with E-state index in [0.717, 1.165) is 33.6 Å². The number of hydrogen-bond donors (Lipinski definition) is 2. The summed E-state index contributed by atoms with van der Waals surface area (Å²) in [5.74, 6) is 0.0806. The lowest BCUT2D eigenvalue weighted by Crippen LogP contribution is -2.24. The summed E-state index contributed by atoms with van der Waals surface area (Å²) in [5.41, 5.74) is 1.97. The SMILES string of the molecule is Cc1cccc2nc(NC(=O)Nc3cccc(-c4nncn4C(C)C(F)(F)F)n3)sc12. The molecule has 0 fully saturated rings. The van der Waals surface area contributed by atoms with Crippen molar-refractivity contribution in [1.29, 1.82) is 0 Å². The van der Waals surface area contributed by atoms with Gasteiger partial charge in [0, 0.05) is 0 Å². The predicted octanol–water partition coefficient (Wildman–Crippen LogP) is 5.03. The van der Waals surface area contributed by atoms with Crippen LogP contribution in [0.25, 0.3) is 21.7 Å². The Bertz CT molecular complexity index is 1250. The van der Waals surface area contributed by atoms with Crippen molar-refractivity contribution in [2.24, 2.45) is 0 Å². The molecule has 0 saturated carbocycles. The van der Waals surface area contributed by atoms with Gasteiger partial charge in [-0.05, 0) is 37.6 Å². The zero-order valence-corrected chi connectivity index (χ0v) is 17.1. The van der Waals surface area contributed by atoms with Crippen molar-refractivity contribution in [3.05, 3.63) is 48.3 Å². The van der Waals surface area contributed by atoms with Gasteiger partial charge in [-0.1, -0.05) is 29.5 Å². The predicted molar refractivity (Wildman–Crippen MR) is 111 cm³/mol. The summed E-state index contributed by atoms with van der Waals surface area (Å²) in [6.07, 6.45) is -3.47. The zero-order valence-electron chi connectivity index (χ0n) is 16.3. The molecule has 160 valence electrons. The third-order valence-electron chi connectivity index (χ3n) is 4.52. The first-order valence-electron chi connectivity index (χ1n) is 9.10. The van der Waals surface area contributed by atoms with Gasteiger partial charge in [-0.2, -0.15) is 13.2 Å². The standard InChI is InChI=1S/C19H16F3N7OS/c1-10-5-3-6-12-15(10)31-18(25-12)27-17(30)26-14-8-4-7-13(24-14)16-28-23-9-29(16)11(2)19(20,21)22/h3-9,11H,1-2H3,(H2,24,25,26,27,30). The summed E-state index contributed by atoms with van der Waals surface area (Å²) in [7, 11) is 0. The number of nitrogens with one attached hydrogen (secondary N) is 2. The normalized spacial score (nSPS) is 12.7. The van der Waals surface area contributed by atoms with E-state index in [9.17, 15) is 18.0 Å². The quantitative estimate of drug-likeness (QED) is 0.458. The monoisotopic (exact) mass is 447 g/mol. The average Bonchev–Trinajstić information content (AvgIpc) is 3.34. The van der Waals surface area contributed by atoms with E-state index in [0.29, 0.717) is 5.13 Å². The molecule has 4 rings (SSSR count). The highest BCUT2D eigenvalue weighted by atomic mass is 32.1. The van der Waals surface area contributed by atoms with E-state index >= 15 is 0 Å². The Labute approximate surface area is 178 Å². The average molecular weight is 447 g/mol. The summed E-state index contributed by atoms with van der Waals surface area (Å²) >= 11 is 1.34. The number of urea groups is 1. The van der Waals surface area contributed by atoms with Crippen LogP contribution in [0.3, 0.4) is 0 Å². The lowest BCUT2D eigenvalue weighted by molar-refractivity contribution is -0.162. The highest BCUT2D eigenvalue weighted by Crippen LogP contribution is 2.32. The minimum atomic E-state index is -4.47. The van der Waals surface area contributed by atoms with Gasteiger partial charge < -0.3 is 4.57 Å². The van der Waals surface area contributed by atoms with Crippen molar-refractivity contribution in [3.63, 3.8) is 0 Å². The third kappa shape index (κ3) is 4.33. The van der Waals surface area contributed by atoms with Gasteiger partial charge in [-0.3, -0.25) is 10.6 Å². The van der Waals surface area contributed by atoms with Gasteiger partial charge in [-0.15, -0.1) is 10.2 Å². The lowest BCUT2D eigenvalue weighted by atomic mass is 10.2. The van der Waals surface area contributed by atoms with Crippen LogP contribution in [0, 0.1) is 6.92 Å². The molecule has 3 aromatic heterocycles. The largest absolute Gasteiger partial charge is 0.408 e. The molecule has 12 heteroatoms. The topological polar surface area (TPSA) is 97.6 Å². The molecule has 2 N–H and O–H groups in total. The Kier molecular flexibility index (Phi) is 5.31. The number of amides is 2. The first kappa shape index (κ1) is 20.7. The Morgan fingerprint density at radius 1 is 1.13 bits per heavy atom. The maximum Gasteiger partial charge on any atom is 0.408 e. The van der Waals surface area contributed by atoms with Crippen molar-refractivity contribution in [3.8, 4) is 11.5 Å². The molecule has 2 amide bonds. The second-order valence-electron chi connectivity index (χ2n) is 6.71. The van der Waals surface area contributed by atoms with E-state index in [4.69, 9.17) is 0 Å². The number of aryl methyl sites for hydroxylation is 1. The number of rotatable bonds is 4. The van der Waals surface area contributed by atoms with Gasteiger partial charge in [0.2, 0.25) is 0 Å². The van der Waals surface area contributed by atoms with Crippen molar-refractivity contribution in [1.82, 2.24) is 24.7 Å². The van der Waals surface area contributed by atoms with Gasteiger partial charge >= 0.3 is 12.2 Å². The second kappa shape index (κ2) is 7.95.